The first-order valence-corrected chi connectivity index (χ1v) is 12.0. The third kappa shape index (κ3) is 5.03. The fourth-order valence-electron chi connectivity index (χ4n) is 3.99. The largest absolute Gasteiger partial charge is 0.420 e. The minimum Gasteiger partial charge on any atom is -0.420 e. The Bertz CT molecular complexity index is 311. The zero-order valence-electron chi connectivity index (χ0n) is 13.9. The van der Waals surface area contributed by atoms with Gasteiger partial charge in [0.2, 0.25) is 0 Å². The number of hydrogen-bond acceptors (Lipinski definition) is 1. The summed E-state index contributed by atoms with van der Waals surface area (Å²) in [5, 5.41) is 0. The maximum Gasteiger partial charge on any atom is 0.186 e. The zero-order chi connectivity index (χ0) is 14.4. The summed E-state index contributed by atoms with van der Waals surface area (Å²) in [4.78, 5) is 0. The molecule has 0 spiro atoms. The van der Waals surface area contributed by atoms with Gasteiger partial charge in [-0.3, -0.25) is 0 Å². The lowest BCUT2D eigenvalue weighted by molar-refractivity contribution is 0.392. The van der Waals surface area contributed by atoms with E-state index in [9.17, 15) is 0 Å². The molecular formula is C18H34OSi. The van der Waals surface area contributed by atoms with E-state index in [2.05, 4.69) is 25.2 Å². The number of rotatable bonds is 10. The summed E-state index contributed by atoms with van der Waals surface area (Å²) in [5.74, 6) is 2.96. The van der Waals surface area contributed by atoms with Crippen molar-refractivity contribution in [3.05, 3.63) is 12.2 Å². The minimum absolute atomic E-state index is 0.957. The van der Waals surface area contributed by atoms with Crippen molar-refractivity contribution in [2.75, 3.05) is 7.11 Å². The van der Waals surface area contributed by atoms with Gasteiger partial charge in [0.15, 0.2) is 8.32 Å². The highest BCUT2D eigenvalue weighted by molar-refractivity contribution is 6.71. The lowest BCUT2D eigenvalue weighted by Crippen LogP contribution is -2.27. The van der Waals surface area contributed by atoms with Gasteiger partial charge in [-0.05, 0) is 56.2 Å². The van der Waals surface area contributed by atoms with Crippen LogP contribution < -0.4 is 0 Å². The Morgan fingerprint density at radius 3 is 2.25 bits per heavy atom. The van der Waals surface area contributed by atoms with E-state index in [0.29, 0.717) is 0 Å². The molecule has 2 bridgehead atoms. The molecule has 0 aromatic rings. The molecule has 3 unspecified atom stereocenters. The Hall–Kier alpha value is -0.0831. The van der Waals surface area contributed by atoms with Crippen LogP contribution in [-0.2, 0) is 4.43 Å². The van der Waals surface area contributed by atoms with E-state index in [0.717, 1.165) is 17.8 Å². The molecule has 3 atom stereocenters. The standard InChI is InChI=1S/C18H34OSi/c1-19-20(2,3)13-9-7-5-4-6-8-10-17-14-16-11-12-18(17)15-16/h11-12,16-18H,4-10,13-15H2,1-3H3. The van der Waals surface area contributed by atoms with E-state index in [4.69, 9.17) is 4.43 Å². The van der Waals surface area contributed by atoms with Crippen LogP contribution in [0, 0.1) is 17.8 Å². The van der Waals surface area contributed by atoms with Crippen molar-refractivity contribution in [2.24, 2.45) is 17.8 Å². The first-order valence-electron chi connectivity index (χ1n) is 8.84. The Morgan fingerprint density at radius 2 is 1.65 bits per heavy atom. The quantitative estimate of drug-likeness (QED) is 0.282. The monoisotopic (exact) mass is 294 g/mol. The maximum absolute atomic E-state index is 5.60. The first-order chi connectivity index (χ1) is 9.61. The second-order valence-electron chi connectivity index (χ2n) is 7.66. The van der Waals surface area contributed by atoms with Crippen LogP contribution in [0.2, 0.25) is 19.1 Å². The molecule has 1 nitrogen and oxygen atoms in total. The van der Waals surface area contributed by atoms with Gasteiger partial charge in [0.05, 0.1) is 0 Å². The highest BCUT2D eigenvalue weighted by Crippen LogP contribution is 2.45. The third-order valence-corrected chi connectivity index (χ3v) is 8.24. The van der Waals surface area contributed by atoms with Gasteiger partial charge in [0, 0.05) is 7.11 Å². The topological polar surface area (TPSA) is 9.23 Å². The second kappa shape index (κ2) is 7.79. The SMILES string of the molecule is CO[Si](C)(C)CCCCCCCCC1CC2C=CC1C2. The summed E-state index contributed by atoms with van der Waals surface area (Å²) in [6, 6.07) is 1.33. The number of hydrogen-bond donors (Lipinski definition) is 0. The molecule has 2 rings (SSSR count). The van der Waals surface area contributed by atoms with Crippen LogP contribution >= 0.6 is 0 Å². The summed E-state index contributed by atoms with van der Waals surface area (Å²) < 4.78 is 5.60. The van der Waals surface area contributed by atoms with E-state index < -0.39 is 8.32 Å². The molecule has 0 amide bonds. The van der Waals surface area contributed by atoms with Gasteiger partial charge in [-0.25, -0.2) is 0 Å². The number of fused-ring (bicyclic) bond motifs is 2. The summed E-state index contributed by atoms with van der Waals surface area (Å²) >= 11 is 0. The van der Waals surface area contributed by atoms with Crippen molar-refractivity contribution < 1.29 is 4.43 Å². The molecule has 0 saturated heterocycles. The molecule has 0 N–H and O–H groups in total. The van der Waals surface area contributed by atoms with Crippen LogP contribution in [0.4, 0.5) is 0 Å². The van der Waals surface area contributed by atoms with Gasteiger partial charge in [-0.1, -0.05) is 50.7 Å². The molecule has 0 radical (unpaired) electrons. The van der Waals surface area contributed by atoms with Crippen molar-refractivity contribution in [1.82, 2.24) is 0 Å². The van der Waals surface area contributed by atoms with Gasteiger partial charge >= 0.3 is 0 Å². The van der Waals surface area contributed by atoms with Crippen LogP contribution in [0.3, 0.4) is 0 Å². The van der Waals surface area contributed by atoms with Crippen LogP contribution in [0.25, 0.3) is 0 Å². The van der Waals surface area contributed by atoms with Crippen molar-refractivity contribution in [3.8, 4) is 0 Å². The molecule has 0 aliphatic heterocycles. The lowest BCUT2D eigenvalue weighted by atomic mass is 9.88. The molecule has 1 saturated carbocycles. The number of allylic oxidation sites excluding steroid dienone is 2. The Morgan fingerprint density at radius 1 is 0.950 bits per heavy atom. The average molecular weight is 295 g/mol. The molecule has 0 aromatic heterocycles. The predicted octanol–water partition coefficient (Wildman–Crippen LogP) is 5.78. The third-order valence-electron chi connectivity index (χ3n) is 5.57. The normalized spacial score (nSPS) is 28.4. The maximum atomic E-state index is 5.60. The molecule has 2 heteroatoms. The molecule has 116 valence electrons. The molecule has 20 heavy (non-hydrogen) atoms. The van der Waals surface area contributed by atoms with E-state index in [1.54, 1.807) is 0 Å². The highest BCUT2D eigenvalue weighted by atomic mass is 28.4. The number of unbranched alkanes of at least 4 members (excludes halogenated alkanes) is 5. The summed E-state index contributed by atoms with van der Waals surface area (Å²) in [6.45, 7) is 4.66. The van der Waals surface area contributed by atoms with Crippen LogP contribution in [0.5, 0.6) is 0 Å². The summed E-state index contributed by atoms with van der Waals surface area (Å²) in [7, 11) is 0.601. The lowest BCUT2D eigenvalue weighted by Gasteiger charge is -2.19. The molecule has 2 aliphatic carbocycles. The van der Waals surface area contributed by atoms with Crippen LogP contribution in [0.1, 0.15) is 57.8 Å². The van der Waals surface area contributed by atoms with Gasteiger partial charge < -0.3 is 4.43 Å². The minimum atomic E-state index is -1.28. The Kier molecular flexibility index (Phi) is 6.35. The molecule has 0 aromatic carbocycles. The first kappa shape index (κ1) is 16.3. The fourth-order valence-corrected chi connectivity index (χ4v) is 5.30. The predicted molar refractivity (Wildman–Crippen MR) is 90.5 cm³/mol. The highest BCUT2D eigenvalue weighted by Gasteiger charge is 2.34. The van der Waals surface area contributed by atoms with E-state index in [-0.39, 0.29) is 0 Å². The van der Waals surface area contributed by atoms with Crippen LogP contribution in [0.15, 0.2) is 12.2 Å². The van der Waals surface area contributed by atoms with E-state index >= 15 is 0 Å². The molecule has 1 fully saturated rings. The average Bonchev–Trinajstić information content (AvgIpc) is 3.04. The molecular weight excluding hydrogens is 260 g/mol. The van der Waals surface area contributed by atoms with Crippen molar-refractivity contribution in [2.45, 2.75) is 76.9 Å². The van der Waals surface area contributed by atoms with Crippen molar-refractivity contribution in [1.29, 1.82) is 0 Å². The van der Waals surface area contributed by atoms with Gasteiger partial charge in [-0.15, -0.1) is 0 Å². The zero-order valence-corrected chi connectivity index (χ0v) is 14.9. The summed E-state index contributed by atoms with van der Waals surface area (Å²) in [5.41, 5.74) is 0. The van der Waals surface area contributed by atoms with Gasteiger partial charge in [-0.2, -0.15) is 0 Å². The van der Waals surface area contributed by atoms with Gasteiger partial charge in [0.25, 0.3) is 0 Å². The molecule has 2 aliphatic rings. The second-order valence-corrected chi connectivity index (χ2v) is 12.1. The smallest absolute Gasteiger partial charge is 0.186 e. The summed E-state index contributed by atoms with van der Waals surface area (Å²) in [6.07, 6.45) is 18.0. The Balaban J connectivity index is 1.40. The van der Waals surface area contributed by atoms with E-state index in [1.165, 1.54) is 63.8 Å². The Labute approximate surface area is 127 Å². The van der Waals surface area contributed by atoms with Gasteiger partial charge in [0.1, 0.15) is 0 Å². The molecule has 0 heterocycles. The van der Waals surface area contributed by atoms with Crippen LogP contribution in [-0.4, -0.2) is 15.4 Å². The van der Waals surface area contributed by atoms with Crippen molar-refractivity contribution >= 4 is 8.32 Å². The van der Waals surface area contributed by atoms with Crippen molar-refractivity contribution in [3.63, 3.8) is 0 Å². The van der Waals surface area contributed by atoms with E-state index in [1.807, 2.05) is 7.11 Å². The fraction of sp³-hybridized carbons (Fsp3) is 0.889.